The Balaban J connectivity index is 2.05. The summed E-state index contributed by atoms with van der Waals surface area (Å²) in [5, 5.41) is 0. The monoisotopic (exact) mass is 377 g/mol. The van der Waals surface area contributed by atoms with Gasteiger partial charge >= 0.3 is 0 Å². The SMILES string of the molecule is COc1ccc(Br)cc1CN(C)C(=O)/C=C/c1ccc(F)cc1. The van der Waals surface area contributed by atoms with Gasteiger partial charge in [0.2, 0.25) is 5.91 Å². The molecule has 0 radical (unpaired) electrons. The van der Waals surface area contributed by atoms with E-state index >= 15 is 0 Å². The minimum absolute atomic E-state index is 0.142. The van der Waals surface area contributed by atoms with Crippen LogP contribution in [0.25, 0.3) is 6.08 Å². The van der Waals surface area contributed by atoms with E-state index in [4.69, 9.17) is 4.74 Å². The van der Waals surface area contributed by atoms with E-state index in [1.54, 1.807) is 37.3 Å². The molecule has 0 aliphatic heterocycles. The molecular formula is C18H17BrFNO2. The van der Waals surface area contributed by atoms with Gasteiger partial charge in [-0.2, -0.15) is 0 Å². The molecule has 2 aromatic carbocycles. The van der Waals surface area contributed by atoms with Crippen molar-refractivity contribution in [1.82, 2.24) is 4.90 Å². The number of carbonyl (C=O) groups excluding carboxylic acids is 1. The number of carbonyl (C=O) groups is 1. The molecule has 0 N–H and O–H groups in total. The first-order valence-electron chi connectivity index (χ1n) is 7.01. The summed E-state index contributed by atoms with van der Waals surface area (Å²) in [5.74, 6) is 0.291. The summed E-state index contributed by atoms with van der Waals surface area (Å²) in [6, 6.07) is 11.6. The molecule has 1 amide bonds. The Morgan fingerprint density at radius 3 is 2.61 bits per heavy atom. The second-order valence-corrected chi connectivity index (χ2v) is 5.95. The second-order valence-electron chi connectivity index (χ2n) is 5.04. The van der Waals surface area contributed by atoms with Crippen molar-refractivity contribution < 1.29 is 13.9 Å². The number of halogens is 2. The summed E-state index contributed by atoms with van der Waals surface area (Å²) < 4.78 is 19.1. The lowest BCUT2D eigenvalue weighted by molar-refractivity contribution is -0.125. The number of hydrogen-bond donors (Lipinski definition) is 0. The molecule has 0 heterocycles. The number of nitrogens with zero attached hydrogens (tertiary/aromatic N) is 1. The number of rotatable bonds is 5. The van der Waals surface area contributed by atoms with Crippen LogP contribution in [0.2, 0.25) is 0 Å². The van der Waals surface area contributed by atoms with Crippen molar-refractivity contribution in [2.45, 2.75) is 6.54 Å². The Hall–Kier alpha value is -2.14. The topological polar surface area (TPSA) is 29.5 Å². The molecule has 23 heavy (non-hydrogen) atoms. The molecule has 3 nitrogen and oxygen atoms in total. The molecule has 0 aromatic heterocycles. The Morgan fingerprint density at radius 2 is 1.96 bits per heavy atom. The van der Waals surface area contributed by atoms with Crippen molar-refractivity contribution in [1.29, 1.82) is 0 Å². The summed E-state index contributed by atoms with van der Waals surface area (Å²) in [6.45, 7) is 0.426. The van der Waals surface area contributed by atoms with E-state index < -0.39 is 0 Å². The predicted molar refractivity (Wildman–Crippen MR) is 92.6 cm³/mol. The molecule has 0 saturated carbocycles. The fourth-order valence-electron chi connectivity index (χ4n) is 2.07. The van der Waals surface area contributed by atoms with Crippen LogP contribution in [0.5, 0.6) is 5.75 Å². The lowest BCUT2D eigenvalue weighted by Crippen LogP contribution is -2.24. The molecular weight excluding hydrogens is 361 g/mol. The molecule has 2 rings (SSSR count). The number of benzene rings is 2. The fraction of sp³-hybridized carbons (Fsp3) is 0.167. The molecule has 0 aliphatic rings. The molecule has 0 unspecified atom stereocenters. The fourth-order valence-corrected chi connectivity index (χ4v) is 2.48. The highest BCUT2D eigenvalue weighted by Crippen LogP contribution is 2.24. The number of hydrogen-bond acceptors (Lipinski definition) is 2. The van der Waals surface area contributed by atoms with Crippen LogP contribution in [0.3, 0.4) is 0 Å². The Bertz CT molecular complexity index is 713. The van der Waals surface area contributed by atoms with E-state index in [0.717, 1.165) is 21.3 Å². The third-order valence-corrected chi connectivity index (χ3v) is 3.81. The van der Waals surface area contributed by atoms with Gasteiger partial charge in [0.25, 0.3) is 0 Å². The second kappa shape index (κ2) is 7.92. The zero-order valence-electron chi connectivity index (χ0n) is 12.9. The van der Waals surface area contributed by atoms with E-state index in [9.17, 15) is 9.18 Å². The van der Waals surface area contributed by atoms with E-state index in [1.807, 2.05) is 18.2 Å². The number of ether oxygens (including phenoxy) is 1. The Labute approximate surface area is 143 Å². The lowest BCUT2D eigenvalue weighted by atomic mass is 10.2. The molecule has 0 atom stereocenters. The van der Waals surface area contributed by atoms with Crippen molar-refractivity contribution in [3.05, 3.63) is 70.0 Å². The van der Waals surface area contributed by atoms with E-state index in [1.165, 1.54) is 18.2 Å². The van der Waals surface area contributed by atoms with Crippen LogP contribution in [0.15, 0.2) is 53.0 Å². The average molecular weight is 378 g/mol. The number of methoxy groups -OCH3 is 1. The minimum Gasteiger partial charge on any atom is -0.496 e. The van der Waals surface area contributed by atoms with Crippen LogP contribution in [0, 0.1) is 5.82 Å². The van der Waals surface area contributed by atoms with Gasteiger partial charge in [0.1, 0.15) is 11.6 Å². The highest BCUT2D eigenvalue weighted by molar-refractivity contribution is 9.10. The smallest absolute Gasteiger partial charge is 0.246 e. The van der Waals surface area contributed by atoms with E-state index in [0.29, 0.717) is 6.54 Å². The molecule has 2 aromatic rings. The van der Waals surface area contributed by atoms with Crippen molar-refractivity contribution in [2.75, 3.05) is 14.2 Å². The molecule has 0 bridgehead atoms. The van der Waals surface area contributed by atoms with Gasteiger partial charge in [-0.3, -0.25) is 4.79 Å². The average Bonchev–Trinajstić information content (AvgIpc) is 2.54. The molecule has 0 saturated heterocycles. The standard InChI is InChI=1S/C18H17BrFNO2/c1-21(12-14-11-15(19)6-9-17(14)23-2)18(22)10-5-13-3-7-16(20)8-4-13/h3-11H,12H2,1-2H3/b10-5+. The highest BCUT2D eigenvalue weighted by Gasteiger charge is 2.10. The first-order chi connectivity index (χ1) is 11.0. The lowest BCUT2D eigenvalue weighted by Gasteiger charge is -2.17. The van der Waals surface area contributed by atoms with E-state index in [2.05, 4.69) is 15.9 Å². The van der Waals surface area contributed by atoms with Gasteiger partial charge in [0.05, 0.1) is 7.11 Å². The van der Waals surface area contributed by atoms with Gasteiger partial charge in [-0.1, -0.05) is 28.1 Å². The molecule has 0 aliphatic carbocycles. The highest BCUT2D eigenvalue weighted by atomic mass is 79.9. The predicted octanol–water partition coefficient (Wildman–Crippen LogP) is 4.27. The van der Waals surface area contributed by atoms with Crippen molar-refractivity contribution >= 4 is 27.9 Å². The van der Waals surface area contributed by atoms with Gasteiger partial charge in [-0.25, -0.2) is 4.39 Å². The minimum atomic E-state index is -0.299. The molecule has 0 spiro atoms. The molecule has 120 valence electrons. The van der Waals surface area contributed by atoms with Crippen LogP contribution in [-0.2, 0) is 11.3 Å². The van der Waals surface area contributed by atoms with Crippen LogP contribution >= 0.6 is 15.9 Å². The third-order valence-electron chi connectivity index (χ3n) is 3.31. The molecule has 0 fully saturated rings. The van der Waals surface area contributed by atoms with E-state index in [-0.39, 0.29) is 11.7 Å². The van der Waals surface area contributed by atoms with Gasteiger partial charge in [0.15, 0.2) is 0 Å². The summed E-state index contributed by atoms with van der Waals surface area (Å²) in [6.07, 6.45) is 3.13. The maximum atomic E-state index is 12.8. The summed E-state index contributed by atoms with van der Waals surface area (Å²) in [5.41, 5.74) is 1.68. The van der Waals surface area contributed by atoms with Crippen LogP contribution in [0.1, 0.15) is 11.1 Å². The van der Waals surface area contributed by atoms with Gasteiger partial charge in [-0.15, -0.1) is 0 Å². The Kier molecular flexibility index (Phi) is 5.93. The van der Waals surface area contributed by atoms with Crippen molar-refractivity contribution in [3.8, 4) is 5.75 Å². The first kappa shape index (κ1) is 17.2. The van der Waals surface area contributed by atoms with Crippen molar-refractivity contribution in [2.24, 2.45) is 0 Å². The largest absolute Gasteiger partial charge is 0.496 e. The van der Waals surface area contributed by atoms with Gasteiger partial charge < -0.3 is 9.64 Å². The third kappa shape index (κ3) is 4.93. The first-order valence-corrected chi connectivity index (χ1v) is 7.80. The van der Waals surface area contributed by atoms with Crippen LogP contribution in [0.4, 0.5) is 4.39 Å². The zero-order chi connectivity index (χ0) is 16.8. The quantitative estimate of drug-likeness (QED) is 0.728. The summed E-state index contributed by atoms with van der Waals surface area (Å²) >= 11 is 3.42. The maximum Gasteiger partial charge on any atom is 0.246 e. The normalized spacial score (nSPS) is 10.8. The van der Waals surface area contributed by atoms with Crippen molar-refractivity contribution in [3.63, 3.8) is 0 Å². The van der Waals surface area contributed by atoms with Gasteiger partial charge in [-0.05, 0) is 42.0 Å². The van der Waals surface area contributed by atoms with Gasteiger partial charge in [0, 0.05) is 29.7 Å². The molecule has 5 heteroatoms. The summed E-state index contributed by atoms with van der Waals surface area (Å²) in [4.78, 5) is 13.8. The Morgan fingerprint density at radius 1 is 1.26 bits per heavy atom. The number of amides is 1. The maximum absolute atomic E-state index is 12.8. The van der Waals surface area contributed by atoms with Crippen LogP contribution in [-0.4, -0.2) is 25.0 Å². The summed E-state index contributed by atoms with van der Waals surface area (Å²) in [7, 11) is 3.32. The number of likely N-dealkylation sites (N-methyl/N-ethyl adjacent to an activating group) is 1. The van der Waals surface area contributed by atoms with Crippen LogP contribution < -0.4 is 4.74 Å². The zero-order valence-corrected chi connectivity index (χ0v) is 14.5.